The zero-order chi connectivity index (χ0) is 20.1. The molecule has 148 valence electrons. The lowest BCUT2D eigenvalue weighted by Crippen LogP contribution is -2.48. The lowest BCUT2D eigenvalue weighted by molar-refractivity contribution is 0.102. The molecule has 9 heteroatoms. The molecule has 3 N–H and O–H groups in total. The van der Waals surface area contributed by atoms with E-state index in [1.807, 2.05) is 6.07 Å². The second-order valence-corrected chi connectivity index (χ2v) is 6.59. The van der Waals surface area contributed by atoms with Crippen LogP contribution < -0.4 is 16.0 Å². The van der Waals surface area contributed by atoms with E-state index in [2.05, 4.69) is 26.0 Å². The maximum Gasteiger partial charge on any atom is 0.321 e. The summed E-state index contributed by atoms with van der Waals surface area (Å²) in [6, 6.07) is 14.0. The first-order valence-electron chi connectivity index (χ1n) is 9.32. The van der Waals surface area contributed by atoms with Crippen molar-refractivity contribution in [3.8, 4) is 5.69 Å². The standard InChI is InChI=1S/C20H21N7O2/c28-19(15-3-1-6-18(11-15)27-14-22-13-23-27)24-16-4-2-5-17(12-16)25-20(29)26-9-7-21-8-10-26/h1-6,11-14,21H,7-10H2,(H,24,28)(H,25,29). The van der Waals surface area contributed by atoms with E-state index in [0.717, 1.165) is 18.8 Å². The molecule has 0 atom stereocenters. The highest BCUT2D eigenvalue weighted by atomic mass is 16.2. The molecule has 0 aliphatic carbocycles. The fourth-order valence-corrected chi connectivity index (χ4v) is 3.08. The van der Waals surface area contributed by atoms with Crippen molar-refractivity contribution in [1.82, 2.24) is 25.0 Å². The van der Waals surface area contributed by atoms with Crippen molar-refractivity contribution in [1.29, 1.82) is 0 Å². The summed E-state index contributed by atoms with van der Waals surface area (Å²) in [5.41, 5.74) is 2.46. The molecular weight excluding hydrogens is 370 g/mol. The van der Waals surface area contributed by atoms with Gasteiger partial charge in [0.05, 0.1) is 5.69 Å². The van der Waals surface area contributed by atoms with Crippen molar-refractivity contribution >= 4 is 23.3 Å². The molecule has 1 saturated heterocycles. The summed E-state index contributed by atoms with van der Waals surface area (Å²) in [6.07, 6.45) is 3.01. The number of anilines is 2. The van der Waals surface area contributed by atoms with Gasteiger partial charge in [-0.25, -0.2) is 14.5 Å². The van der Waals surface area contributed by atoms with E-state index in [1.165, 1.54) is 6.33 Å². The van der Waals surface area contributed by atoms with E-state index in [1.54, 1.807) is 58.4 Å². The van der Waals surface area contributed by atoms with Crippen LogP contribution in [-0.4, -0.2) is 57.8 Å². The van der Waals surface area contributed by atoms with Crippen molar-refractivity contribution in [2.45, 2.75) is 0 Å². The topological polar surface area (TPSA) is 104 Å². The SMILES string of the molecule is O=C(Nc1cccc(NC(=O)N2CCNCC2)c1)c1cccc(-n2cncn2)c1. The minimum atomic E-state index is -0.252. The van der Waals surface area contributed by atoms with Crippen molar-refractivity contribution in [2.24, 2.45) is 0 Å². The highest BCUT2D eigenvalue weighted by Crippen LogP contribution is 2.17. The molecule has 0 spiro atoms. The Morgan fingerprint density at radius 2 is 1.72 bits per heavy atom. The molecule has 9 nitrogen and oxygen atoms in total. The number of aromatic nitrogens is 3. The zero-order valence-corrected chi connectivity index (χ0v) is 15.7. The third-order valence-electron chi connectivity index (χ3n) is 4.57. The number of carbonyl (C=O) groups excluding carboxylic acids is 2. The van der Waals surface area contributed by atoms with Crippen molar-refractivity contribution in [2.75, 3.05) is 36.8 Å². The van der Waals surface area contributed by atoms with Gasteiger partial charge in [0.2, 0.25) is 0 Å². The lowest BCUT2D eigenvalue weighted by Gasteiger charge is -2.27. The number of hydrogen-bond acceptors (Lipinski definition) is 5. The molecule has 4 rings (SSSR count). The normalized spacial score (nSPS) is 13.7. The molecule has 0 saturated carbocycles. The molecule has 1 aliphatic heterocycles. The van der Waals surface area contributed by atoms with Crippen LogP contribution in [0.2, 0.25) is 0 Å². The molecule has 1 fully saturated rings. The number of rotatable bonds is 4. The minimum absolute atomic E-state index is 0.143. The van der Waals surface area contributed by atoms with Gasteiger partial charge in [0.1, 0.15) is 12.7 Å². The van der Waals surface area contributed by atoms with Gasteiger partial charge in [0.15, 0.2) is 0 Å². The van der Waals surface area contributed by atoms with Crippen LogP contribution in [0.4, 0.5) is 16.2 Å². The van der Waals surface area contributed by atoms with Crippen LogP contribution >= 0.6 is 0 Å². The first-order valence-corrected chi connectivity index (χ1v) is 9.32. The Labute approximate surface area is 167 Å². The number of nitrogens with zero attached hydrogens (tertiary/aromatic N) is 4. The highest BCUT2D eigenvalue weighted by molar-refractivity contribution is 6.05. The number of urea groups is 1. The molecule has 0 radical (unpaired) electrons. The van der Waals surface area contributed by atoms with Crippen molar-refractivity contribution < 1.29 is 9.59 Å². The van der Waals surface area contributed by atoms with Crippen molar-refractivity contribution in [3.05, 3.63) is 66.7 Å². The Bertz CT molecular complexity index is 998. The third-order valence-corrected chi connectivity index (χ3v) is 4.57. The first-order chi connectivity index (χ1) is 14.2. The fourth-order valence-electron chi connectivity index (χ4n) is 3.08. The summed E-state index contributed by atoms with van der Waals surface area (Å²) in [7, 11) is 0. The molecule has 0 bridgehead atoms. The Kier molecular flexibility index (Phi) is 5.48. The van der Waals surface area contributed by atoms with E-state index >= 15 is 0 Å². The third kappa shape index (κ3) is 4.58. The molecule has 1 aromatic heterocycles. The van der Waals surface area contributed by atoms with Gasteiger partial charge < -0.3 is 20.9 Å². The molecule has 3 aromatic rings. The van der Waals surface area contributed by atoms with E-state index in [-0.39, 0.29) is 11.9 Å². The summed E-state index contributed by atoms with van der Waals surface area (Å²) in [5, 5.41) is 13.0. The second kappa shape index (κ2) is 8.53. The quantitative estimate of drug-likeness (QED) is 0.631. The Hall–Kier alpha value is -3.72. The van der Waals surface area contributed by atoms with Crippen LogP contribution in [-0.2, 0) is 0 Å². The van der Waals surface area contributed by atoms with E-state index in [9.17, 15) is 9.59 Å². The van der Waals surface area contributed by atoms with Crippen LogP contribution in [0.1, 0.15) is 10.4 Å². The molecule has 1 aliphatic rings. The van der Waals surface area contributed by atoms with E-state index in [0.29, 0.717) is 30.0 Å². The summed E-state index contributed by atoms with van der Waals surface area (Å²) in [4.78, 5) is 30.7. The number of nitrogens with one attached hydrogen (secondary N) is 3. The van der Waals surface area contributed by atoms with Crippen LogP contribution in [0, 0.1) is 0 Å². The molecular formula is C20H21N7O2. The van der Waals surface area contributed by atoms with Gasteiger partial charge in [-0.05, 0) is 36.4 Å². The van der Waals surface area contributed by atoms with Gasteiger partial charge in [-0.2, -0.15) is 5.10 Å². The molecule has 3 amide bonds. The average Bonchev–Trinajstić information content (AvgIpc) is 3.30. The summed E-state index contributed by atoms with van der Waals surface area (Å²) in [6.45, 7) is 2.92. The Morgan fingerprint density at radius 3 is 2.48 bits per heavy atom. The smallest absolute Gasteiger partial charge is 0.321 e. The van der Waals surface area contributed by atoms with Gasteiger partial charge in [-0.1, -0.05) is 12.1 Å². The maximum absolute atomic E-state index is 12.7. The van der Waals surface area contributed by atoms with Gasteiger partial charge in [0, 0.05) is 43.1 Å². The second-order valence-electron chi connectivity index (χ2n) is 6.59. The van der Waals surface area contributed by atoms with Crippen LogP contribution in [0.5, 0.6) is 0 Å². The number of amides is 3. The zero-order valence-electron chi connectivity index (χ0n) is 15.7. The lowest BCUT2D eigenvalue weighted by atomic mass is 10.2. The summed E-state index contributed by atoms with van der Waals surface area (Å²) < 4.78 is 1.59. The van der Waals surface area contributed by atoms with Gasteiger partial charge in [0.25, 0.3) is 5.91 Å². The van der Waals surface area contributed by atoms with Crippen LogP contribution in [0.3, 0.4) is 0 Å². The Balaban J connectivity index is 1.43. The van der Waals surface area contributed by atoms with Crippen molar-refractivity contribution in [3.63, 3.8) is 0 Å². The number of carbonyl (C=O) groups is 2. The highest BCUT2D eigenvalue weighted by Gasteiger charge is 2.16. The minimum Gasteiger partial charge on any atom is -0.322 e. The average molecular weight is 391 g/mol. The van der Waals surface area contributed by atoms with Gasteiger partial charge >= 0.3 is 6.03 Å². The Morgan fingerprint density at radius 1 is 0.966 bits per heavy atom. The predicted octanol–water partition coefficient (Wildman–Crippen LogP) is 1.96. The maximum atomic E-state index is 12.7. The van der Waals surface area contributed by atoms with Crippen LogP contribution in [0.25, 0.3) is 5.69 Å². The number of piperazine rings is 1. The molecule has 0 unspecified atom stereocenters. The fraction of sp³-hybridized carbons (Fsp3) is 0.200. The van der Waals surface area contributed by atoms with Gasteiger partial charge in [-0.15, -0.1) is 0 Å². The van der Waals surface area contributed by atoms with Crippen LogP contribution in [0.15, 0.2) is 61.2 Å². The van der Waals surface area contributed by atoms with E-state index < -0.39 is 0 Å². The predicted molar refractivity (Wildman–Crippen MR) is 109 cm³/mol. The summed E-state index contributed by atoms with van der Waals surface area (Å²) >= 11 is 0. The molecule has 29 heavy (non-hydrogen) atoms. The number of benzene rings is 2. The molecule has 2 heterocycles. The largest absolute Gasteiger partial charge is 0.322 e. The monoisotopic (exact) mass is 391 g/mol. The number of hydrogen-bond donors (Lipinski definition) is 3. The molecule has 2 aromatic carbocycles. The van der Waals surface area contributed by atoms with Gasteiger partial charge in [-0.3, -0.25) is 4.79 Å². The van der Waals surface area contributed by atoms with E-state index in [4.69, 9.17) is 0 Å². The first kappa shape index (κ1) is 18.6. The summed E-state index contributed by atoms with van der Waals surface area (Å²) in [5.74, 6) is -0.252.